The van der Waals surface area contributed by atoms with E-state index in [0.29, 0.717) is 17.1 Å². The number of aromatic amines is 2. The maximum Gasteiger partial charge on any atom is 0.326 e. The van der Waals surface area contributed by atoms with Gasteiger partial charge in [0.05, 0.1) is 18.7 Å². The van der Waals surface area contributed by atoms with Crippen LogP contribution in [0.4, 0.5) is 0 Å². The van der Waals surface area contributed by atoms with Crippen LogP contribution in [0.2, 0.25) is 0 Å². The first-order chi connectivity index (χ1) is 16.7. The van der Waals surface area contributed by atoms with Crippen LogP contribution in [0.15, 0.2) is 25.0 Å². The van der Waals surface area contributed by atoms with Gasteiger partial charge in [-0.25, -0.2) is 14.8 Å². The molecule has 0 aliphatic rings. The van der Waals surface area contributed by atoms with Crippen LogP contribution >= 0.6 is 24.4 Å². The maximum atomic E-state index is 13.2. The summed E-state index contributed by atoms with van der Waals surface area (Å²) in [6.07, 6.45) is 7.97. The summed E-state index contributed by atoms with van der Waals surface area (Å²) in [6.45, 7) is 0. The lowest BCUT2D eigenvalue weighted by Gasteiger charge is -2.24. The fourth-order valence-electron chi connectivity index (χ4n) is 3.05. The lowest BCUT2D eigenvalue weighted by atomic mass is 10.1. The fourth-order valence-corrected chi connectivity index (χ4v) is 3.69. The predicted octanol–water partition coefficient (Wildman–Crippen LogP) is -1.53. The van der Waals surface area contributed by atoms with E-state index in [1.807, 2.05) is 6.26 Å². The van der Waals surface area contributed by atoms with E-state index in [2.05, 4.69) is 48.5 Å². The Bertz CT molecular complexity index is 957. The predicted molar refractivity (Wildman–Crippen MR) is 133 cm³/mol. The molecule has 0 bridgehead atoms. The molecule has 4 unspecified atom stereocenters. The van der Waals surface area contributed by atoms with Gasteiger partial charge in [0.1, 0.15) is 18.1 Å². The Morgan fingerprint density at radius 1 is 0.971 bits per heavy atom. The van der Waals surface area contributed by atoms with Crippen LogP contribution in [-0.4, -0.2) is 90.7 Å². The molecule has 192 valence electrons. The molecule has 35 heavy (non-hydrogen) atoms. The zero-order valence-electron chi connectivity index (χ0n) is 19.1. The molecule has 2 aromatic heterocycles. The first-order valence-electron chi connectivity index (χ1n) is 10.7. The van der Waals surface area contributed by atoms with Crippen molar-refractivity contribution in [3.8, 4) is 0 Å². The Kier molecular flexibility index (Phi) is 11.6. The van der Waals surface area contributed by atoms with Gasteiger partial charge in [0, 0.05) is 42.4 Å². The molecule has 2 aromatic rings. The van der Waals surface area contributed by atoms with Crippen molar-refractivity contribution in [3.05, 3.63) is 36.4 Å². The maximum absolute atomic E-state index is 13.2. The summed E-state index contributed by atoms with van der Waals surface area (Å²) in [5.41, 5.74) is 6.85. The van der Waals surface area contributed by atoms with Crippen LogP contribution in [0.25, 0.3) is 0 Å². The highest BCUT2D eigenvalue weighted by atomic mass is 32.2. The second-order valence-electron chi connectivity index (χ2n) is 7.65. The fraction of sp³-hybridized carbons (Fsp3) is 0.500. The number of nitrogens with two attached hydrogens (primary N) is 1. The number of rotatable bonds is 15. The number of aliphatic carboxylic acids is 1. The quantitative estimate of drug-likeness (QED) is 0.126. The molecule has 2 rings (SSSR count). The van der Waals surface area contributed by atoms with E-state index in [9.17, 15) is 24.3 Å². The van der Waals surface area contributed by atoms with Gasteiger partial charge in [-0.2, -0.15) is 24.4 Å². The van der Waals surface area contributed by atoms with Crippen LogP contribution in [-0.2, 0) is 32.0 Å². The number of carboxylic acids is 1. The monoisotopic (exact) mass is 526 g/mol. The van der Waals surface area contributed by atoms with E-state index in [4.69, 9.17) is 5.73 Å². The Morgan fingerprint density at radius 3 is 1.86 bits per heavy atom. The highest BCUT2D eigenvalue weighted by molar-refractivity contribution is 7.98. The molecule has 0 radical (unpaired) electrons. The molecule has 0 saturated carbocycles. The lowest BCUT2D eigenvalue weighted by Crippen LogP contribution is -2.58. The molecule has 0 aromatic carbocycles. The van der Waals surface area contributed by atoms with Gasteiger partial charge < -0.3 is 36.8 Å². The average Bonchev–Trinajstić information content (AvgIpc) is 3.54. The van der Waals surface area contributed by atoms with Crippen molar-refractivity contribution >= 4 is 48.1 Å². The van der Waals surface area contributed by atoms with E-state index in [1.165, 1.54) is 36.8 Å². The summed E-state index contributed by atoms with van der Waals surface area (Å²) in [5, 5.41) is 17.2. The number of hydrogen-bond acceptors (Lipinski definition) is 9. The van der Waals surface area contributed by atoms with Gasteiger partial charge >= 0.3 is 5.97 Å². The third-order valence-electron chi connectivity index (χ3n) is 4.98. The number of carboxylic acid groups (broad SMARTS) is 1. The molecule has 8 N–H and O–H groups in total. The normalized spacial score (nSPS) is 14.4. The summed E-state index contributed by atoms with van der Waals surface area (Å²) >= 11 is 5.46. The summed E-state index contributed by atoms with van der Waals surface area (Å²) < 4.78 is 0. The van der Waals surface area contributed by atoms with Crippen molar-refractivity contribution < 1.29 is 24.3 Å². The van der Waals surface area contributed by atoms with Crippen LogP contribution in [0.5, 0.6) is 0 Å². The minimum absolute atomic E-state index is 0.0211. The molecule has 0 spiro atoms. The number of carbonyl (C=O) groups excluding carboxylic acids is 3. The molecular weight excluding hydrogens is 496 g/mol. The topological polar surface area (TPSA) is 208 Å². The number of amides is 3. The summed E-state index contributed by atoms with van der Waals surface area (Å²) in [6, 6.07) is -4.28. The molecule has 2 heterocycles. The van der Waals surface area contributed by atoms with Crippen LogP contribution < -0.4 is 21.7 Å². The molecule has 0 saturated heterocycles. The number of aromatic nitrogens is 4. The smallest absolute Gasteiger partial charge is 0.326 e. The van der Waals surface area contributed by atoms with Crippen molar-refractivity contribution in [2.45, 2.75) is 43.4 Å². The molecule has 4 atom stereocenters. The van der Waals surface area contributed by atoms with E-state index >= 15 is 0 Å². The SMILES string of the molecule is CSCCC(NC(=O)C(Cc1cnc[nH]1)NC(=O)C(Cc1cnc[nH]1)NC(=O)C(N)CS)C(=O)O. The standard InChI is InChI=1S/C20H30N8O5S2/c1-35-3-2-14(20(32)33)26-18(30)16(5-12-7-23-10-25-12)28-19(31)15(4-11-6-22-9-24-11)27-17(29)13(21)8-34/h6-7,9-10,13-16,34H,2-5,8,21H2,1H3,(H,22,24)(H,23,25)(H,26,30)(H,27,29)(H,28,31)(H,32,33). The largest absolute Gasteiger partial charge is 0.480 e. The Balaban J connectivity index is 2.21. The van der Waals surface area contributed by atoms with Crippen LogP contribution in [0, 0.1) is 0 Å². The number of thioether (sulfide) groups is 1. The van der Waals surface area contributed by atoms with E-state index in [1.54, 1.807) is 0 Å². The first-order valence-corrected chi connectivity index (χ1v) is 12.7. The van der Waals surface area contributed by atoms with Crippen LogP contribution in [0.1, 0.15) is 17.8 Å². The zero-order valence-corrected chi connectivity index (χ0v) is 20.8. The van der Waals surface area contributed by atoms with Gasteiger partial charge in [0.2, 0.25) is 17.7 Å². The Morgan fingerprint density at radius 2 is 1.46 bits per heavy atom. The molecule has 3 amide bonds. The van der Waals surface area contributed by atoms with Crippen molar-refractivity contribution in [2.75, 3.05) is 17.8 Å². The Labute approximate surface area is 211 Å². The summed E-state index contributed by atoms with van der Waals surface area (Å²) in [5.74, 6) is -2.50. The number of H-pyrrole nitrogens is 2. The summed E-state index contributed by atoms with van der Waals surface area (Å²) in [7, 11) is 0. The van der Waals surface area contributed by atoms with Crippen molar-refractivity contribution in [2.24, 2.45) is 5.73 Å². The van der Waals surface area contributed by atoms with E-state index < -0.39 is 47.9 Å². The average molecular weight is 527 g/mol. The minimum Gasteiger partial charge on any atom is -0.480 e. The molecule has 15 heteroatoms. The molecule has 0 aliphatic carbocycles. The van der Waals surface area contributed by atoms with Gasteiger partial charge in [-0.05, 0) is 18.4 Å². The van der Waals surface area contributed by atoms with E-state index in [-0.39, 0.29) is 25.0 Å². The van der Waals surface area contributed by atoms with E-state index in [0.717, 1.165) is 0 Å². The van der Waals surface area contributed by atoms with Gasteiger partial charge in [-0.1, -0.05) is 0 Å². The first kappa shape index (κ1) is 28.2. The number of nitrogens with zero attached hydrogens (tertiary/aromatic N) is 2. The molecule has 0 aliphatic heterocycles. The second-order valence-corrected chi connectivity index (χ2v) is 9.00. The van der Waals surface area contributed by atoms with Gasteiger partial charge in [-0.15, -0.1) is 0 Å². The minimum atomic E-state index is -1.18. The van der Waals surface area contributed by atoms with Crippen molar-refractivity contribution in [1.82, 2.24) is 35.9 Å². The number of hydrogen-bond donors (Lipinski definition) is 8. The molecule has 13 nitrogen and oxygen atoms in total. The highest BCUT2D eigenvalue weighted by Crippen LogP contribution is 2.06. The molecular formula is C20H30N8O5S2. The lowest BCUT2D eigenvalue weighted by molar-refractivity contribution is -0.142. The second kappa shape index (κ2) is 14.4. The third kappa shape index (κ3) is 9.26. The number of thiol groups is 1. The zero-order chi connectivity index (χ0) is 25.8. The van der Waals surface area contributed by atoms with Crippen molar-refractivity contribution in [3.63, 3.8) is 0 Å². The van der Waals surface area contributed by atoms with Crippen molar-refractivity contribution in [1.29, 1.82) is 0 Å². The third-order valence-corrected chi connectivity index (χ3v) is 6.02. The number of carbonyl (C=O) groups is 4. The van der Waals surface area contributed by atoms with Gasteiger partial charge in [-0.3, -0.25) is 14.4 Å². The number of imidazole rings is 2. The van der Waals surface area contributed by atoms with Gasteiger partial charge in [0.15, 0.2) is 0 Å². The number of nitrogens with one attached hydrogen (secondary N) is 5. The van der Waals surface area contributed by atoms with Crippen LogP contribution in [0.3, 0.4) is 0 Å². The highest BCUT2D eigenvalue weighted by Gasteiger charge is 2.31. The summed E-state index contributed by atoms with van der Waals surface area (Å²) in [4.78, 5) is 63.7. The van der Waals surface area contributed by atoms with Gasteiger partial charge in [0.25, 0.3) is 0 Å². The Hall–Kier alpha value is -3.04. The molecule has 0 fully saturated rings.